The maximum atomic E-state index is 12.5. The molecule has 25 heavy (non-hydrogen) atoms. The van der Waals surface area contributed by atoms with Crippen LogP contribution in [0.1, 0.15) is 27.4 Å². The van der Waals surface area contributed by atoms with Crippen molar-refractivity contribution in [2.24, 2.45) is 7.05 Å². The van der Waals surface area contributed by atoms with E-state index in [-0.39, 0.29) is 5.91 Å². The summed E-state index contributed by atoms with van der Waals surface area (Å²) < 4.78 is 5.17. The van der Waals surface area contributed by atoms with Crippen molar-refractivity contribution < 1.29 is 4.79 Å². The van der Waals surface area contributed by atoms with Crippen molar-refractivity contribution in [3.05, 3.63) is 62.1 Å². The van der Waals surface area contributed by atoms with Crippen LogP contribution in [0.2, 0.25) is 0 Å². The summed E-state index contributed by atoms with van der Waals surface area (Å²) in [6.07, 6.45) is 1.60. The Morgan fingerprint density at radius 1 is 1.28 bits per heavy atom. The third-order valence-corrected chi connectivity index (χ3v) is 5.65. The second-order valence-electron chi connectivity index (χ2n) is 5.76. The number of hydrogen-bond donors (Lipinski definition) is 1. The summed E-state index contributed by atoms with van der Waals surface area (Å²) in [6, 6.07) is 7.75. The molecule has 1 N–H and O–H groups in total. The monoisotopic (exact) mass is 465 g/mol. The quantitative estimate of drug-likeness (QED) is 0.630. The lowest BCUT2D eigenvalue weighted by Crippen LogP contribution is -2.17. The molecule has 2 aromatic heterocycles. The Kier molecular flexibility index (Phi) is 5.10. The number of nitrogens with zero attached hydrogens (tertiary/aromatic N) is 4. The number of aromatic nitrogens is 4. The highest BCUT2D eigenvalue weighted by Crippen LogP contribution is 2.22. The standard InChI is InChI=1S/C17H17Br2N5O/c1-10-15(19)11(2)24(22-10)9-12-5-4-6-13(7-12)21-17(25)16-14(18)8-20-23(16)3/h4-8H,9H2,1-3H3,(H,21,25). The fraction of sp³-hybridized carbons (Fsp3) is 0.235. The van der Waals surface area contributed by atoms with Gasteiger partial charge in [-0.25, -0.2) is 0 Å². The second-order valence-corrected chi connectivity index (χ2v) is 7.41. The molecule has 0 saturated heterocycles. The molecule has 6 nitrogen and oxygen atoms in total. The second kappa shape index (κ2) is 7.13. The van der Waals surface area contributed by atoms with Crippen molar-refractivity contribution in [1.82, 2.24) is 19.6 Å². The normalized spacial score (nSPS) is 10.9. The fourth-order valence-electron chi connectivity index (χ4n) is 2.61. The molecule has 3 aromatic rings. The molecule has 0 unspecified atom stereocenters. The van der Waals surface area contributed by atoms with Crippen LogP contribution < -0.4 is 5.32 Å². The zero-order chi connectivity index (χ0) is 18.1. The van der Waals surface area contributed by atoms with Crippen LogP contribution in [0.3, 0.4) is 0 Å². The van der Waals surface area contributed by atoms with Crippen molar-refractivity contribution in [2.45, 2.75) is 20.4 Å². The minimum Gasteiger partial charge on any atom is -0.321 e. The zero-order valence-electron chi connectivity index (χ0n) is 14.0. The Hall–Kier alpha value is -1.93. The Morgan fingerprint density at radius 3 is 2.64 bits per heavy atom. The van der Waals surface area contributed by atoms with Gasteiger partial charge in [-0.3, -0.25) is 14.2 Å². The minimum absolute atomic E-state index is 0.210. The van der Waals surface area contributed by atoms with Crippen LogP contribution >= 0.6 is 31.9 Å². The number of aryl methyl sites for hydroxylation is 2. The molecule has 0 atom stereocenters. The third kappa shape index (κ3) is 3.69. The molecule has 0 spiro atoms. The predicted octanol–water partition coefficient (Wildman–Crippen LogP) is 4.06. The fourth-order valence-corrected chi connectivity index (χ4v) is 3.42. The van der Waals surface area contributed by atoms with E-state index in [0.717, 1.165) is 27.1 Å². The summed E-state index contributed by atoms with van der Waals surface area (Å²) >= 11 is 6.89. The van der Waals surface area contributed by atoms with Gasteiger partial charge in [0.25, 0.3) is 5.91 Å². The highest BCUT2D eigenvalue weighted by Gasteiger charge is 2.15. The van der Waals surface area contributed by atoms with Crippen molar-refractivity contribution in [3.63, 3.8) is 0 Å². The maximum Gasteiger partial charge on any atom is 0.275 e. The van der Waals surface area contributed by atoms with Gasteiger partial charge in [-0.2, -0.15) is 10.2 Å². The molecular weight excluding hydrogens is 450 g/mol. The molecule has 3 rings (SSSR count). The lowest BCUT2D eigenvalue weighted by atomic mass is 10.2. The van der Waals surface area contributed by atoms with E-state index in [0.29, 0.717) is 16.7 Å². The van der Waals surface area contributed by atoms with Gasteiger partial charge in [0.05, 0.1) is 33.1 Å². The van der Waals surface area contributed by atoms with Gasteiger partial charge < -0.3 is 5.32 Å². The number of rotatable bonds is 4. The Bertz CT molecular complexity index is 925. The van der Waals surface area contributed by atoms with Gasteiger partial charge >= 0.3 is 0 Å². The number of halogens is 2. The van der Waals surface area contributed by atoms with E-state index in [1.807, 2.05) is 42.8 Å². The molecule has 1 amide bonds. The number of carbonyl (C=O) groups excluding carboxylic acids is 1. The molecule has 8 heteroatoms. The first kappa shape index (κ1) is 17.9. The molecule has 0 fully saturated rings. The van der Waals surface area contributed by atoms with Gasteiger partial charge in [-0.05, 0) is 63.4 Å². The molecule has 0 aliphatic heterocycles. The molecule has 2 heterocycles. The molecule has 1 aromatic carbocycles. The van der Waals surface area contributed by atoms with E-state index >= 15 is 0 Å². The van der Waals surface area contributed by atoms with Crippen LogP contribution in [0.15, 0.2) is 39.4 Å². The minimum atomic E-state index is -0.210. The summed E-state index contributed by atoms with van der Waals surface area (Å²) in [5.41, 5.74) is 4.30. The van der Waals surface area contributed by atoms with Gasteiger partial charge in [-0.15, -0.1) is 0 Å². The summed E-state index contributed by atoms with van der Waals surface area (Å²) in [5.74, 6) is -0.210. The largest absolute Gasteiger partial charge is 0.321 e. The Morgan fingerprint density at radius 2 is 2.04 bits per heavy atom. The van der Waals surface area contributed by atoms with Crippen molar-refractivity contribution in [3.8, 4) is 0 Å². The molecule has 0 radical (unpaired) electrons. The van der Waals surface area contributed by atoms with E-state index in [1.165, 1.54) is 4.68 Å². The Balaban J connectivity index is 1.80. The van der Waals surface area contributed by atoms with Crippen LogP contribution in [0.25, 0.3) is 0 Å². The van der Waals surface area contributed by atoms with Crippen LogP contribution in [0.5, 0.6) is 0 Å². The van der Waals surface area contributed by atoms with E-state index in [9.17, 15) is 4.79 Å². The van der Waals surface area contributed by atoms with E-state index in [1.54, 1.807) is 13.2 Å². The molecular formula is C17H17Br2N5O. The number of hydrogen-bond acceptors (Lipinski definition) is 3. The first-order chi connectivity index (χ1) is 11.9. The average Bonchev–Trinajstić information content (AvgIpc) is 3.02. The number of amides is 1. The number of benzene rings is 1. The number of anilines is 1. The summed E-state index contributed by atoms with van der Waals surface area (Å²) in [6.45, 7) is 4.63. The molecule has 0 bridgehead atoms. The lowest BCUT2D eigenvalue weighted by Gasteiger charge is -2.09. The van der Waals surface area contributed by atoms with Gasteiger partial charge in [0.2, 0.25) is 0 Å². The highest BCUT2D eigenvalue weighted by molar-refractivity contribution is 9.10. The average molecular weight is 467 g/mol. The molecule has 0 aliphatic rings. The van der Waals surface area contributed by atoms with Crippen LogP contribution in [-0.2, 0) is 13.6 Å². The molecule has 130 valence electrons. The maximum absolute atomic E-state index is 12.5. The first-order valence-electron chi connectivity index (χ1n) is 7.64. The van der Waals surface area contributed by atoms with Crippen LogP contribution in [-0.4, -0.2) is 25.5 Å². The van der Waals surface area contributed by atoms with E-state index in [4.69, 9.17) is 0 Å². The molecule has 0 saturated carbocycles. The van der Waals surface area contributed by atoms with Crippen molar-refractivity contribution in [1.29, 1.82) is 0 Å². The number of nitrogens with one attached hydrogen (secondary N) is 1. The van der Waals surface area contributed by atoms with E-state index in [2.05, 4.69) is 47.4 Å². The lowest BCUT2D eigenvalue weighted by molar-refractivity contribution is 0.101. The first-order valence-corrected chi connectivity index (χ1v) is 9.22. The topological polar surface area (TPSA) is 64.7 Å². The van der Waals surface area contributed by atoms with Gasteiger partial charge in [0, 0.05) is 12.7 Å². The highest BCUT2D eigenvalue weighted by atomic mass is 79.9. The summed E-state index contributed by atoms with van der Waals surface area (Å²) in [4.78, 5) is 12.5. The zero-order valence-corrected chi connectivity index (χ0v) is 17.2. The Labute approximate surface area is 162 Å². The SMILES string of the molecule is Cc1nn(Cc2cccc(NC(=O)c3c(Br)cnn3C)c2)c(C)c1Br. The predicted molar refractivity (Wildman–Crippen MR) is 104 cm³/mol. The molecule has 0 aliphatic carbocycles. The smallest absolute Gasteiger partial charge is 0.275 e. The van der Waals surface area contributed by atoms with Gasteiger partial charge in [0.15, 0.2) is 0 Å². The van der Waals surface area contributed by atoms with Crippen LogP contribution in [0, 0.1) is 13.8 Å². The number of carbonyl (C=O) groups is 1. The van der Waals surface area contributed by atoms with Crippen LogP contribution in [0.4, 0.5) is 5.69 Å². The van der Waals surface area contributed by atoms with Crippen molar-refractivity contribution in [2.75, 3.05) is 5.32 Å². The van der Waals surface area contributed by atoms with Crippen molar-refractivity contribution >= 4 is 43.5 Å². The summed E-state index contributed by atoms with van der Waals surface area (Å²) in [7, 11) is 1.73. The van der Waals surface area contributed by atoms with E-state index < -0.39 is 0 Å². The third-order valence-electron chi connectivity index (χ3n) is 3.92. The summed E-state index contributed by atoms with van der Waals surface area (Å²) in [5, 5.41) is 11.5. The van der Waals surface area contributed by atoms with Gasteiger partial charge in [0.1, 0.15) is 5.69 Å². The van der Waals surface area contributed by atoms with Gasteiger partial charge in [-0.1, -0.05) is 12.1 Å².